The minimum Gasteiger partial charge on any atom is -0.0827 e. The summed E-state index contributed by atoms with van der Waals surface area (Å²) >= 11 is 35.8. The monoisotopic (exact) mass is 370 g/mol. The van der Waals surface area contributed by atoms with E-state index >= 15 is 0 Å². The molecule has 0 aliphatic heterocycles. The first kappa shape index (κ1) is 14.6. The highest BCUT2D eigenvalue weighted by Crippen LogP contribution is 2.41. The highest BCUT2D eigenvalue weighted by atomic mass is 35.5. The fourth-order valence-corrected chi connectivity index (χ4v) is 2.70. The second-order valence-corrected chi connectivity index (χ2v) is 5.83. The van der Waals surface area contributed by atoms with Gasteiger partial charge < -0.3 is 0 Å². The summed E-state index contributed by atoms with van der Waals surface area (Å²) < 4.78 is 0. The molecule has 0 aromatic heterocycles. The van der Waals surface area contributed by atoms with Gasteiger partial charge in [0.2, 0.25) is 0 Å². The van der Waals surface area contributed by atoms with Crippen LogP contribution in [0.2, 0.25) is 30.1 Å². The first-order valence-electron chi connectivity index (χ1n) is 4.70. The average molecular weight is 373 g/mol. The van der Waals surface area contributed by atoms with Crippen LogP contribution in [0.4, 0.5) is 0 Å². The van der Waals surface area contributed by atoms with Crippen LogP contribution in [0.25, 0.3) is 11.1 Å². The fraction of sp³-hybridized carbons (Fsp3) is 0. The van der Waals surface area contributed by atoms with Gasteiger partial charge in [-0.05, 0) is 23.8 Å². The Morgan fingerprint density at radius 1 is 0.556 bits per heavy atom. The van der Waals surface area contributed by atoms with Crippen LogP contribution in [0.15, 0.2) is 24.3 Å². The smallest absolute Gasteiger partial charge is 0.0784 e. The molecule has 0 radical (unpaired) electrons. The lowest BCUT2D eigenvalue weighted by Gasteiger charge is -2.09. The predicted octanol–water partition coefficient (Wildman–Crippen LogP) is 7.27. The van der Waals surface area contributed by atoms with E-state index < -0.39 is 0 Å². The van der Waals surface area contributed by atoms with Crippen LogP contribution in [0.1, 0.15) is 0 Å². The normalized spacial score (nSPS) is 10.8. The molecule has 0 nitrogen and oxygen atoms in total. The van der Waals surface area contributed by atoms with Crippen molar-refractivity contribution in [2.75, 3.05) is 0 Å². The molecule has 18 heavy (non-hydrogen) atoms. The summed E-state index contributed by atoms with van der Waals surface area (Å²) in [6.07, 6.45) is 0. The number of halogens is 6. The molecule has 0 unspecified atom stereocenters. The van der Waals surface area contributed by atoms with Crippen LogP contribution in [0.3, 0.4) is 0 Å². The van der Waals surface area contributed by atoms with Crippen molar-refractivity contribution in [2.24, 2.45) is 0 Å². The molecule has 0 spiro atoms. The van der Waals surface area contributed by atoms with Gasteiger partial charge in [0.1, 0.15) is 0 Å². The summed E-state index contributed by atoms with van der Waals surface area (Å²) in [5, 5.41) is 2.02. The maximum Gasteiger partial charge on any atom is 0.0784 e. The van der Waals surface area contributed by atoms with E-state index in [9.17, 15) is 0 Å². The van der Waals surface area contributed by atoms with Crippen molar-refractivity contribution in [2.45, 2.75) is 0 Å². The van der Waals surface area contributed by atoms with Crippen molar-refractivity contribution < 1.29 is 0 Å². The molecule has 2 rings (SSSR count). The third-order valence-electron chi connectivity index (χ3n) is 2.33. The maximum absolute atomic E-state index is 6.14. The van der Waals surface area contributed by atoms with E-state index in [0.717, 1.165) is 5.56 Å². The molecule has 2 aromatic carbocycles. The number of hydrogen-bond acceptors (Lipinski definition) is 0. The Morgan fingerprint density at radius 3 is 1.67 bits per heavy atom. The zero-order valence-corrected chi connectivity index (χ0v) is 13.1. The first-order valence-corrected chi connectivity index (χ1v) is 6.97. The molecular formula is C12H4Cl6. The Kier molecular flexibility index (Phi) is 4.59. The Labute approximate surface area is 134 Å². The van der Waals surface area contributed by atoms with E-state index in [1.54, 1.807) is 24.3 Å². The van der Waals surface area contributed by atoms with Gasteiger partial charge in [-0.1, -0.05) is 75.7 Å². The summed E-state index contributed by atoms with van der Waals surface area (Å²) in [5.41, 5.74) is 1.41. The molecule has 2 aromatic rings. The Hall–Kier alpha value is 0.180. The third kappa shape index (κ3) is 2.70. The number of benzene rings is 2. The van der Waals surface area contributed by atoms with E-state index in [2.05, 4.69) is 0 Å². The van der Waals surface area contributed by atoms with Gasteiger partial charge in [0.05, 0.1) is 30.1 Å². The van der Waals surface area contributed by atoms with Gasteiger partial charge in [-0.2, -0.15) is 0 Å². The van der Waals surface area contributed by atoms with Crippen LogP contribution in [-0.4, -0.2) is 0 Å². The summed E-state index contributed by atoms with van der Waals surface area (Å²) in [4.78, 5) is 0. The zero-order chi connectivity index (χ0) is 13.4. The minimum absolute atomic E-state index is 0.290. The quantitative estimate of drug-likeness (QED) is 0.461. The Bertz CT molecular complexity index is 597. The molecule has 0 saturated heterocycles. The summed E-state index contributed by atoms with van der Waals surface area (Å²) in [5.74, 6) is 0. The highest BCUT2D eigenvalue weighted by molar-refractivity contribution is 6.50. The summed E-state index contributed by atoms with van der Waals surface area (Å²) in [6.45, 7) is 0. The largest absolute Gasteiger partial charge is 0.0827 e. The molecule has 0 bridgehead atoms. The van der Waals surface area contributed by atoms with Crippen LogP contribution < -0.4 is 0 Å². The molecule has 0 N–H and O–H groups in total. The van der Waals surface area contributed by atoms with E-state index in [4.69, 9.17) is 69.6 Å². The minimum atomic E-state index is 0.290. The molecule has 0 fully saturated rings. The van der Waals surface area contributed by atoms with E-state index in [1.165, 1.54) is 0 Å². The van der Waals surface area contributed by atoms with Gasteiger partial charge in [-0.3, -0.25) is 0 Å². The van der Waals surface area contributed by atoms with Crippen LogP contribution in [0.5, 0.6) is 0 Å². The maximum atomic E-state index is 6.14. The molecule has 0 aliphatic carbocycles. The van der Waals surface area contributed by atoms with Crippen LogP contribution in [-0.2, 0) is 0 Å². The van der Waals surface area contributed by atoms with Crippen molar-refractivity contribution in [1.82, 2.24) is 0 Å². The molecule has 94 valence electrons. The zero-order valence-electron chi connectivity index (χ0n) is 8.58. The predicted molar refractivity (Wildman–Crippen MR) is 81.9 cm³/mol. The van der Waals surface area contributed by atoms with Gasteiger partial charge in [0, 0.05) is 5.56 Å². The van der Waals surface area contributed by atoms with E-state index in [-0.39, 0.29) is 5.02 Å². The van der Waals surface area contributed by atoms with E-state index in [1.807, 2.05) is 0 Å². The van der Waals surface area contributed by atoms with Crippen molar-refractivity contribution in [1.29, 1.82) is 0 Å². The SMILES string of the molecule is Cl[13c]1[13cH][13c](-[13c]2[13cH][13cH][13c](Cl)[13c](Cl)[13c]2Cl)[13cH][13c](Cl)[13c]1Cl. The van der Waals surface area contributed by atoms with Crippen LogP contribution in [0, 0.1) is 0 Å². The molecule has 0 atom stereocenters. The Balaban J connectivity index is 2.67. The summed E-state index contributed by atoms with van der Waals surface area (Å²) in [6, 6.07) is 6.73. The lowest BCUT2D eigenvalue weighted by atomic mass is 11.1. The number of rotatable bonds is 1. The van der Waals surface area contributed by atoms with E-state index in [0.29, 0.717) is 30.7 Å². The molecular weight excluding hydrogens is 369 g/mol. The van der Waals surface area contributed by atoms with Crippen molar-refractivity contribution in [3.63, 3.8) is 0 Å². The topological polar surface area (TPSA) is 0 Å². The molecule has 0 saturated carbocycles. The average Bonchev–Trinajstić information content (AvgIpc) is 2.33. The fourth-order valence-electron chi connectivity index (χ4n) is 1.46. The van der Waals surface area contributed by atoms with Gasteiger partial charge in [0.15, 0.2) is 0 Å². The molecule has 0 aliphatic rings. The van der Waals surface area contributed by atoms with Gasteiger partial charge >= 0.3 is 0 Å². The highest BCUT2D eigenvalue weighted by Gasteiger charge is 2.13. The van der Waals surface area contributed by atoms with Crippen molar-refractivity contribution in [3.8, 4) is 11.1 Å². The Morgan fingerprint density at radius 2 is 1.11 bits per heavy atom. The van der Waals surface area contributed by atoms with Crippen LogP contribution >= 0.6 is 69.6 Å². The van der Waals surface area contributed by atoms with Crippen molar-refractivity contribution in [3.05, 3.63) is 54.4 Å². The van der Waals surface area contributed by atoms with Gasteiger partial charge in [-0.15, -0.1) is 0 Å². The lowest BCUT2D eigenvalue weighted by Crippen LogP contribution is -1.83. The molecule has 0 amide bonds. The second kappa shape index (κ2) is 5.66. The van der Waals surface area contributed by atoms with Gasteiger partial charge in [0.25, 0.3) is 0 Å². The molecule has 6 heteroatoms. The first-order chi connectivity index (χ1) is 8.41. The summed E-state index contributed by atoms with van der Waals surface area (Å²) in [7, 11) is 0. The molecule has 0 heterocycles. The standard InChI is InChI=1S/C12H4Cl6/c13-7-2-1-6(10(16)12(7)18)5-3-8(14)11(17)9(15)4-5/h1-4H/i1+1,2+1,3+1,4+1,5+1,6+1,7+1,8+1,9+1,10+1,11+1,12+1. The second-order valence-electron chi connectivity index (χ2n) is 3.48. The number of hydrogen-bond donors (Lipinski definition) is 0. The third-order valence-corrected chi connectivity index (χ3v) is 4.82. The van der Waals surface area contributed by atoms with Gasteiger partial charge in [-0.25, -0.2) is 0 Å². The van der Waals surface area contributed by atoms with Crippen molar-refractivity contribution >= 4 is 69.6 Å². The lowest BCUT2D eigenvalue weighted by molar-refractivity contribution is 1.61.